The van der Waals surface area contributed by atoms with Crippen molar-refractivity contribution < 1.29 is 14.3 Å². The Balaban J connectivity index is 2.06. The fourth-order valence-corrected chi connectivity index (χ4v) is 2.56. The first-order valence-electron chi connectivity index (χ1n) is 8.48. The minimum atomic E-state index is -0.484. The largest absolute Gasteiger partial charge is 0.495 e. The van der Waals surface area contributed by atoms with Crippen molar-refractivity contribution in [1.82, 2.24) is 5.32 Å². The molecule has 26 heavy (non-hydrogen) atoms. The zero-order valence-electron chi connectivity index (χ0n) is 15.5. The first kappa shape index (κ1) is 19.3. The molecule has 138 valence electrons. The minimum absolute atomic E-state index is 0.0967. The lowest BCUT2D eigenvalue weighted by Gasteiger charge is -2.21. The highest BCUT2D eigenvalue weighted by Crippen LogP contribution is 2.28. The number of methoxy groups -OCH3 is 1. The zero-order valence-corrected chi connectivity index (χ0v) is 15.5. The summed E-state index contributed by atoms with van der Waals surface area (Å²) >= 11 is 0. The number of carbonyl (C=O) groups is 2. The maximum Gasteiger partial charge on any atom is 0.242 e. The summed E-state index contributed by atoms with van der Waals surface area (Å²) in [5.41, 5.74) is 2.30. The van der Waals surface area contributed by atoms with E-state index in [9.17, 15) is 9.59 Å². The van der Waals surface area contributed by atoms with Crippen molar-refractivity contribution in [3.63, 3.8) is 0 Å². The molecule has 2 amide bonds. The highest BCUT2D eigenvalue weighted by atomic mass is 16.5. The number of nitrogens with one attached hydrogen (secondary N) is 3. The number of hydrogen-bond donors (Lipinski definition) is 3. The van der Waals surface area contributed by atoms with Crippen molar-refractivity contribution >= 4 is 23.2 Å². The van der Waals surface area contributed by atoms with Gasteiger partial charge in [-0.3, -0.25) is 9.59 Å². The normalized spacial score (nSPS) is 12.6. The van der Waals surface area contributed by atoms with E-state index in [0.717, 1.165) is 5.56 Å². The van der Waals surface area contributed by atoms with E-state index in [-0.39, 0.29) is 17.9 Å². The number of hydrogen-bond acceptors (Lipinski definition) is 4. The Hall–Kier alpha value is -3.02. The maximum atomic E-state index is 12.5. The predicted molar refractivity (Wildman–Crippen MR) is 103 cm³/mol. The van der Waals surface area contributed by atoms with E-state index >= 15 is 0 Å². The van der Waals surface area contributed by atoms with Crippen LogP contribution in [0.4, 0.5) is 11.4 Å². The molecule has 0 spiro atoms. The number of ether oxygens (including phenoxy) is 1. The molecule has 6 nitrogen and oxygen atoms in total. The van der Waals surface area contributed by atoms with Gasteiger partial charge in [-0.1, -0.05) is 30.3 Å². The molecule has 0 aliphatic heterocycles. The third kappa shape index (κ3) is 5.24. The van der Waals surface area contributed by atoms with Gasteiger partial charge in [0.25, 0.3) is 0 Å². The van der Waals surface area contributed by atoms with Crippen LogP contribution in [-0.4, -0.2) is 25.0 Å². The standard InChI is InChI=1S/C20H25N3O3/c1-13(16-8-6-5-7-9-16)22-20(25)14(2)21-18-12-17(23-15(3)24)10-11-19(18)26-4/h5-14,21H,1-4H3,(H,22,25)(H,23,24)/t13-,14-/m1/s1. The van der Waals surface area contributed by atoms with E-state index in [1.807, 2.05) is 37.3 Å². The first-order chi connectivity index (χ1) is 12.4. The first-order valence-corrected chi connectivity index (χ1v) is 8.48. The molecule has 2 rings (SSSR count). The summed E-state index contributed by atoms with van der Waals surface area (Å²) in [5.74, 6) is 0.298. The lowest BCUT2D eigenvalue weighted by molar-refractivity contribution is -0.122. The minimum Gasteiger partial charge on any atom is -0.495 e. The molecule has 0 bridgehead atoms. The Morgan fingerprint density at radius 3 is 2.35 bits per heavy atom. The molecule has 0 radical (unpaired) electrons. The maximum absolute atomic E-state index is 12.5. The molecule has 0 fully saturated rings. The molecule has 3 N–H and O–H groups in total. The average molecular weight is 355 g/mol. The van der Waals surface area contributed by atoms with E-state index in [0.29, 0.717) is 17.1 Å². The van der Waals surface area contributed by atoms with E-state index in [4.69, 9.17) is 4.74 Å². The van der Waals surface area contributed by atoms with Crippen LogP contribution < -0.4 is 20.7 Å². The van der Waals surface area contributed by atoms with Crippen LogP contribution in [0.2, 0.25) is 0 Å². The summed E-state index contributed by atoms with van der Waals surface area (Å²) in [6.45, 7) is 5.16. The summed E-state index contributed by atoms with van der Waals surface area (Å²) in [7, 11) is 1.56. The lowest BCUT2D eigenvalue weighted by atomic mass is 10.1. The third-order valence-electron chi connectivity index (χ3n) is 3.94. The highest BCUT2D eigenvalue weighted by molar-refractivity contribution is 5.90. The molecule has 0 saturated carbocycles. The second kappa shape index (κ2) is 8.89. The molecule has 0 aliphatic carbocycles. The monoisotopic (exact) mass is 355 g/mol. The van der Waals surface area contributed by atoms with Crippen molar-refractivity contribution in [1.29, 1.82) is 0 Å². The van der Waals surface area contributed by atoms with Crippen molar-refractivity contribution in [2.75, 3.05) is 17.7 Å². The van der Waals surface area contributed by atoms with Crippen LogP contribution in [0.3, 0.4) is 0 Å². The highest BCUT2D eigenvalue weighted by Gasteiger charge is 2.17. The average Bonchev–Trinajstić information content (AvgIpc) is 2.62. The summed E-state index contributed by atoms with van der Waals surface area (Å²) in [4.78, 5) is 23.7. The molecule has 2 atom stereocenters. The number of rotatable bonds is 7. The van der Waals surface area contributed by atoms with Gasteiger partial charge in [-0.15, -0.1) is 0 Å². The van der Waals surface area contributed by atoms with Crippen LogP contribution in [0.1, 0.15) is 32.4 Å². The molecule has 2 aromatic rings. The Morgan fingerprint density at radius 1 is 1.04 bits per heavy atom. The second-order valence-corrected chi connectivity index (χ2v) is 6.10. The molecular weight excluding hydrogens is 330 g/mol. The van der Waals surface area contributed by atoms with E-state index in [2.05, 4.69) is 16.0 Å². The number of anilines is 2. The van der Waals surface area contributed by atoms with Crippen LogP contribution in [0.15, 0.2) is 48.5 Å². The molecule has 0 unspecified atom stereocenters. The molecule has 0 aromatic heterocycles. The SMILES string of the molecule is COc1ccc(NC(C)=O)cc1N[C@H](C)C(=O)N[C@H](C)c1ccccc1. The summed E-state index contributed by atoms with van der Waals surface area (Å²) in [6.07, 6.45) is 0. The topological polar surface area (TPSA) is 79.5 Å². The van der Waals surface area contributed by atoms with Crippen molar-refractivity contribution in [2.24, 2.45) is 0 Å². The van der Waals surface area contributed by atoms with Gasteiger partial charge in [-0.25, -0.2) is 0 Å². The third-order valence-corrected chi connectivity index (χ3v) is 3.94. The Kier molecular flexibility index (Phi) is 6.60. The van der Waals surface area contributed by atoms with Crippen LogP contribution in [0, 0.1) is 0 Å². The van der Waals surface area contributed by atoms with Gasteiger partial charge in [0, 0.05) is 12.6 Å². The van der Waals surface area contributed by atoms with E-state index in [1.165, 1.54) is 6.92 Å². The number of benzene rings is 2. The van der Waals surface area contributed by atoms with Crippen LogP contribution in [0.25, 0.3) is 0 Å². The Bertz CT molecular complexity index is 762. The molecule has 0 heterocycles. The van der Waals surface area contributed by atoms with Gasteiger partial charge >= 0.3 is 0 Å². The van der Waals surface area contributed by atoms with Crippen molar-refractivity contribution in [3.8, 4) is 5.75 Å². The van der Waals surface area contributed by atoms with E-state index in [1.54, 1.807) is 32.2 Å². The summed E-state index contributed by atoms with van der Waals surface area (Å²) < 4.78 is 5.33. The molecule has 0 saturated heterocycles. The predicted octanol–water partition coefficient (Wildman–Crippen LogP) is 3.33. The van der Waals surface area contributed by atoms with Gasteiger partial charge in [0.15, 0.2) is 0 Å². The Morgan fingerprint density at radius 2 is 1.73 bits per heavy atom. The van der Waals surface area contributed by atoms with Gasteiger partial charge < -0.3 is 20.7 Å². The van der Waals surface area contributed by atoms with Gasteiger partial charge in [0.1, 0.15) is 11.8 Å². The second-order valence-electron chi connectivity index (χ2n) is 6.10. The summed E-state index contributed by atoms with van der Waals surface area (Å²) in [6, 6.07) is 14.4. The molecule has 0 aliphatic rings. The smallest absolute Gasteiger partial charge is 0.242 e. The number of amides is 2. The Labute approximate surface area is 153 Å². The fourth-order valence-electron chi connectivity index (χ4n) is 2.56. The van der Waals surface area contributed by atoms with Gasteiger partial charge in [-0.05, 0) is 37.6 Å². The zero-order chi connectivity index (χ0) is 19.1. The lowest BCUT2D eigenvalue weighted by Crippen LogP contribution is -2.38. The number of carbonyl (C=O) groups excluding carboxylic acids is 2. The molecule has 6 heteroatoms. The molecular formula is C20H25N3O3. The van der Waals surface area contributed by atoms with Crippen LogP contribution in [-0.2, 0) is 9.59 Å². The fraction of sp³-hybridized carbons (Fsp3) is 0.300. The molecule has 2 aromatic carbocycles. The van der Waals surface area contributed by atoms with Gasteiger partial charge in [0.2, 0.25) is 11.8 Å². The van der Waals surface area contributed by atoms with E-state index < -0.39 is 6.04 Å². The van der Waals surface area contributed by atoms with Gasteiger partial charge in [-0.2, -0.15) is 0 Å². The van der Waals surface area contributed by atoms with Gasteiger partial charge in [0.05, 0.1) is 18.8 Å². The van der Waals surface area contributed by atoms with Crippen LogP contribution in [0.5, 0.6) is 5.75 Å². The van der Waals surface area contributed by atoms with Crippen LogP contribution >= 0.6 is 0 Å². The quantitative estimate of drug-likeness (QED) is 0.712. The van der Waals surface area contributed by atoms with Crippen molar-refractivity contribution in [2.45, 2.75) is 32.9 Å². The van der Waals surface area contributed by atoms with Crippen molar-refractivity contribution in [3.05, 3.63) is 54.1 Å². The summed E-state index contributed by atoms with van der Waals surface area (Å²) in [5, 5.41) is 8.85.